The van der Waals surface area contributed by atoms with Gasteiger partial charge in [-0.3, -0.25) is 4.90 Å². The van der Waals surface area contributed by atoms with E-state index in [1.807, 2.05) is 45.6 Å². The predicted octanol–water partition coefficient (Wildman–Crippen LogP) is 2.70. The second-order valence-electron chi connectivity index (χ2n) is 7.72. The summed E-state index contributed by atoms with van der Waals surface area (Å²) in [7, 11) is -0.905. The average molecular weight is 448 g/mol. The number of rotatable bonds is 10. The second kappa shape index (κ2) is 14.9. The van der Waals surface area contributed by atoms with E-state index in [4.69, 9.17) is 4.74 Å². The van der Waals surface area contributed by atoms with Crippen molar-refractivity contribution in [1.29, 1.82) is 0 Å². The average Bonchev–Trinajstić information content (AvgIpc) is 3.20. The molecule has 1 unspecified atom stereocenters. The molecule has 0 amide bonds. The number of hydrogen-bond donors (Lipinski definition) is 1. The van der Waals surface area contributed by atoms with Crippen molar-refractivity contribution >= 4 is 9.84 Å². The third kappa shape index (κ3) is 10.8. The van der Waals surface area contributed by atoms with Crippen molar-refractivity contribution in [3.8, 4) is 0 Å². The summed E-state index contributed by atoms with van der Waals surface area (Å²) < 4.78 is 30.8. The van der Waals surface area contributed by atoms with E-state index in [9.17, 15) is 8.42 Å². The molecule has 1 aliphatic heterocycles. The van der Waals surface area contributed by atoms with Gasteiger partial charge in [-0.2, -0.15) is 0 Å². The molecule has 0 saturated carbocycles. The van der Waals surface area contributed by atoms with E-state index < -0.39 is 9.84 Å². The Kier molecular flexibility index (Phi) is 14.4. The van der Waals surface area contributed by atoms with Crippen LogP contribution in [0.25, 0.3) is 0 Å². The van der Waals surface area contributed by atoms with E-state index in [1.165, 1.54) is 0 Å². The molecule has 1 aromatic rings. The molecule has 178 valence electrons. The standard InChI is InChI=1S/C17H33N5O3S.2C2H6/c1-15(5-7-18-4)25-10-6-17(2,3)22-14-16(19-20-22)13-21-8-11-26(23,24)12-9-21;2*1-2/h14-15,18H,5-13H2,1-4H3;2*1-2H3. The van der Waals surface area contributed by atoms with Gasteiger partial charge >= 0.3 is 0 Å². The Morgan fingerprint density at radius 3 is 2.37 bits per heavy atom. The van der Waals surface area contributed by atoms with Crippen LogP contribution >= 0.6 is 0 Å². The lowest BCUT2D eigenvalue weighted by molar-refractivity contribution is 0.0417. The van der Waals surface area contributed by atoms with Crippen molar-refractivity contribution in [2.75, 3.05) is 44.8 Å². The molecule has 1 aliphatic rings. The molecule has 1 aromatic heterocycles. The Morgan fingerprint density at radius 2 is 1.80 bits per heavy atom. The molecule has 1 N–H and O–H groups in total. The molecule has 2 heterocycles. The van der Waals surface area contributed by atoms with Gasteiger partial charge in [0.05, 0.1) is 35.0 Å². The summed E-state index contributed by atoms with van der Waals surface area (Å²) in [5.41, 5.74) is 0.694. The molecule has 1 atom stereocenters. The van der Waals surface area contributed by atoms with Crippen LogP contribution in [0.1, 0.15) is 67.0 Å². The minimum Gasteiger partial charge on any atom is -0.378 e. The number of nitrogens with one attached hydrogen (secondary N) is 1. The minimum absolute atomic E-state index is 0.181. The number of sulfone groups is 1. The fourth-order valence-electron chi connectivity index (χ4n) is 2.86. The number of aromatic nitrogens is 3. The normalized spacial score (nSPS) is 17.3. The van der Waals surface area contributed by atoms with Crippen LogP contribution in [0.15, 0.2) is 6.20 Å². The van der Waals surface area contributed by atoms with E-state index in [0.29, 0.717) is 26.2 Å². The van der Waals surface area contributed by atoms with E-state index in [1.54, 1.807) is 0 Å². The number of nitrogens with zero attached hydrogens (tertiary/aromatic N) is 4. The zero-order valence-corrected chi connectivity index (χ0v) is 21.3. The minimum atomic E-state index is -2.85. The van der Waals surface area contributed by atoms with Gasteiger partial charge in [-0.1, -0.05) is 32.9 Å². The van der Waals surface area contributed by atoms with Crippen LogP contribution in [0.5, 0.6) is 0 Å². The van der Waals surface area contributed by atoms with E-state index in [2.05, 4.69) is 41.3 Å². The van der Waals surface area contributed by atoms with E-state index in [0.717, 1.165) is 25.1 Å². The maximum atomic E-state index is 11.5. The van der Waals surface area contributed by atoms with E-state index in [-0.39, 0.29) is 23.1 Å². The van der Waals surface area contributed by atoms with Crippen molar-refractivity contribution in [3.63, 3.8) is 0 Å². The molecule has 30 heavy (non-hydrogen) atoms. The van der Waals surface area contributed by atoms with Crippen LogP contribution in [-0.4, -0.2) is 79.2 Å². The molecule has 1 saturated heterocycles. The molecule has 0 radical (unpaired) electrons. The fourth-order valence-corrected chi connectivity index (χ4v) is 4.14. The predicted molar refractivity (Wildman–Crippen MR) is 125 cm³/mol. The summed E-state index contributed by atoms with van der Waals surface area (Å²) in [6.45, 7) is 17.8. The van der Waals surface area contributed by atoms with Crippen LogP contribution in [0.4, 0.5) is 0 Å². The summed E-state index contributed by atoms with van der Waals surface area (Å²) in [5.74, 6) is 0.464. The third-order valence-corrected chi connectivity index (χ3v) is 6.51. The quantitative estimate of drug-likeness (QED) is 0.590. The molecular weight excluding hydrogens is 402 g/mol. The van der Waals surface area contributed by atoms with Crippen molar-refractivity contribution in [2.45, 2.75) is 79.5 Å². The molecule has 0 bridgehead atoms. The van der Waals surface area contributed by atoms with Crippen molar-refractivity contribution < 1.29 is 13.2 Å². The van der Waals surface area contributed by atoms with Gasteiger partial charge in [0.1, 0.15) is 0 Å². The van der Waals surface area contributed by atoms with Gasteiger partial charge in [-0.25, -0.2) is 13.1 Å². The largest absolute Gasteiger partial charge is 0.378 e. The van der Waals surface area contributed by atoms with Crippen molar-refractivity contribution in [2.24, 2.45) is 0 Å². The Balaban J connectivity index is 0.00000198. The SMILES string of the molecule is CC.CC.CNCCC(C)OCCC(C)(C)n1cc(CN2CCS(=O)(=O)CC2)nn1. The maximum absolute atomic E-state index is 11.5. The second-order valence-corrected chi connectivity index (χ2v) is 10.0. The lowest BCUT2D eigenvalue weighted by Crippen LogP contribution is -2.39. The summed E-state index contributed by atoms with van der Waals surface area (Å²) >= 11 is 0. The monoisotopic (exact) mass is 447 g/mol. The Hall–Kier alpha value is -1.03. The first-order valence-electron chi connectivity index (χ1n) is 11.3. The van der Waals surface area contributed by atoms with Gasteiger partial charge in [0.25, 0.3) is 0 Å². The smallest absolute Gasteiger partial charge is 0.152 e. The highest BCUT2D eigenvalue weighted by atomic mass is 32.2. The molecule has 0 aliphatic carbocycles. The van der Waals surface area contributed by atoms with Gasteiger partial charge < -0.3 is 10.1 Å². The first-order valence-corrected chi connectivity index (χ1v) is 13.1. The molecule has 0 spiro atoms. The zero-order valence-electron chi connectivity index (χ0n) is 20.4. The highest BCUT2D eigenvalue weighted by Gasteiger charge is 2.25. The summed E-state index contributed by atoms with van der Waals surface area (Å²) in [6.07, 6.45) is 4.05. The zero-order chi connectivity index (χ0) is 23.2. The Bertz CT molecular complexity index is 647. The van der Waals surface area contributed by atoms with Crippen LogP contribution < -0.4 is 5.32 Å². The van der Waals surface area contributed by atoms with Crippen LogP contribution in [0.3, 0.4) is 0 Å². The van der Waals surface area contributed by atoms with E-state index >= 15 is 0 Å². The lowest BCUT2D eigenvalue weighted by Gasteiger charge is -2.26. The van der Waals surface area contributed by atoms with Gasteiger partial charge in [-0.05, 0) is 47.2 Å². The number of hydrogen-bond acceptors (Lipinski definition) is 7. The third-order valence-electron chi connectivity index (χ3n) is 4.90. The molecule has 0 aromatic carbocycles. The Morgan fingerprint density at radius 1 is 1.20 bits per heavy atom. The Labute approximate surface area is 184 Å². The van der Waals surface area contributed by atoms with Gasteiger partial charge in [0, 0.05) is 26.2 Å². The van der Waals surface area contributed by atoms with Crippen molar-refractivity contribution in [1.82, 2.24) is 25.2 Å². The number of ether oxygens (including phenoxy) is 1. The van der Waals surface area contributed by atoms with Crippen LogP contribution in [-0.2, 0) is 26.7 Å². The highest BCUT2D eigenvalue weighted by molar-refractivity contribution is 7.91. The van der Waals surface area contributed by atoms with Gasteiger partial charge in [0.15, 0.2) is 9.84 Å². The maximum Gasteiger partial charge on any atom is 0.152 e. The molecule has 1 fully saturated rings. The van der Waals surface area contributed by atoms with Crippen LogP contribution in [0, 0.1) is 0 Å². The topological polar surface area (TPSA) is 89.4 Å². The summed E-state index contributed by atoms with van der Waals surface area (Å²) in [5, 5.41) is 11.7. The lowest BCUT2D eigenvalue weighted by atomic mass is 10.0. The molecule has 2 rings (SSSR count). The highest BCUT2D eigenvalue weighted by Crippen LogP contribution is 2.20. The van der Waals surface area contributed by atoms with Gasteiger partial charge in [-0.15, -0.1) is 5.10 Å². The summed E-state index contributed by atoms with van der Waals surface area (Å²) in [4.78, 5) is 2.12. The molecule has 8 nitrogen and oxygen atoms in total. The molecule has 9 heteroatoms. The fraction of sp³-hybridized carbons (Fsp3) is 0.905. The first kappa shape index (κ1) is 29.0. The first-order chi connectivity index (χ1) is 14.2. The van der Waals surface area contributed by atoms with Crippen LogP contribution in [0.2, 0.25) is 0 Å². The van der Waals surface area contributed by atoms with Gasteiger partial charge in [0.2, 0.25) is 0 Å². The summed E-state index contributed by atoms with van der Waals surface area (Å²) in [6, 6.07) is 0. The van der Waals surface area contributed by atoms with Crippen molar-refractivity contribution in [3.05, 3.63) is 11.9 Å². The molecular formula is C21H45N5O3S.